The molecule has 82 valence electrons. The van der Waals surface area contributed by atoms with E-state index in [0.29, 0.717) is 5.56 Å². The first-order chi connectivity index (χ1) is 7.04. The molecule has 0 aromatic heterocycles. The fraction of sp³-hybridized carbons (Fsp3) is 0.300. The number of benzene rings is 1. The molecule has 0 aliphatic heterocycles. The molecule has 0 saturated carbocycles. The predicted molar refractivity (Wildman–Crippen MR) is 55.0 cm³/mol. The zero-order chi connectivity index (χ0) is 11.4. The van der Waals surface area contributed by atoms with Crippen LogP contribution in [0.2, 0.25) is 0 Å². The fourth-order valence-corrected chi connectivity index (χ4v) is 1.26. The van der Waals surface area contributed by atoms with E-state index in [1.165, 1.54) is 0 Å². The van der Waals surface area contributed by atoms with Crippen LogP contribution in [0.5, 0.6) is 0 Å². The van der Waals surface area contributed by atoms with Gasteiger partial charge in [-0.2, -0.15) is 0 Å². The van der Waals surface area contributed by atoms with Crippen LogP contribution in [0.1, 0.15) is 11.6 Å². The lowest BCUT2D eigenvalue weighted by Crippen LogP contribution is -2.47. The number of hydrogen-bond acceptors (Lipinski definition) is 4. The number of nitrogens with two attached hydrogens (primary N) is 2. The highest BCUT2D eigenvalue weighted by atomic mass is 16.4. The number of carboxylic acids is 1. The van der Waals surface area contributed by atoms with Crippen LogP contribution >= 0.6 is 0 Å². The Morgan fingerprint density at radius 1 is 1.20 bits per heavy atom. The third kappa shape index (κ3) is 2.76. The van der Waals surface area contributed by atoms with Crippen molar-refractivity contribution in [3.05, 3.63) is 35.9 Å². The minimum absolute atomic E-state index is 0.697. The topological polar surface area (TPSA) is 110 Å². The zero-order valence-corrected chi connectivity index (χ0v) is 8.08. The summed E-state index contributed by atoms with van der Waals surface area (Å²) >= 11 is 0. The van der Waals surface area contributed by atoms with Crippen molar-refractivity contribution in [1.29, 1.82) is 0 Å². The lowest BCUT2D eigenvalue weighted by Gasteiger charge is -2.22. The van der Waals surface area contributed by atoms with Gasteiger partial charge in [-0.3, -0.25) is 0 Å². The number of rotatable bonds is 4. The highest BCUT2D eigenvalue weighted by Gasteiger charge is 2.28. The van der Waals surface area contributed by atoms with Crippen molar-refractivity contribution in [2.45, 2.75) is 18.2 Å². The molecule has 0 bridgehead atoms. The van der Waals surface area contributed by atoms with Crippen LogP contribution < -0.4 is 11.5 Å². The molecule has 0 aliphatic carbocycles. The average molecular weight is 210 g/mol. The Hall–Kier alpha value is -1.43. The van der Waals surface area contributed by atoms with E-state index in [-0.39, 0.29) is 0 Å². The lowest BCUT2D eigenvalue weighted by molar-refractivity contribution is -0.148. The van der Waals surface area contributed by atoms with Crippen molar-refractivity contribution < 1.29 is 15.0 Å². The molecule has 0 heterocycles. The van der Waals surface area contributed by atoms with E-state index in [1.54, 1.807) is 24.3 Å². The molecule has 0 spiro atoms. The molecule has 3 unspecified atom stereocenters. The van der Waals surface area contributed by atoms with Crippen molar-refractivity contribution in [3.63, 3.8) is 0 Å². The Morgan fingerprint density at radius 3 is 2.20 bits per heavy atom. The van der Waals surface area contributed by atoms with Crippen molar-refractivity contribution in [2.75, 3.05) is 0 Å². The van der Waals surface area contributed by atoms with Crippen molar-refractivity contribution >= 4 is 5.97 Å². The predicted octanol–water partition coefficient (Wildman–Crippen LogP) is -0.541. The fourth-order valence-electron chi connectivity index (χ4n) is 1.26. The molecular weight excluding hydrogens is 196 g/mol. The van der Waals surface area contributed by atoms with Gasteiger partial charge in [-0.25, -0.2) is 4.79 Å². The maximum atomic E-state index is 10.5. The minimum Gasteiger partial charge on any atom is -0.479 e. The van der Waals surface area contributed by atoms with Crippen LogP contribution in [-0.2, 0) is 4.79 Å². The first-order valence-corrected chi connectivity index (χ1v) is 4.51. The summed E-state index contributed by atoms with van der Waals surface area (Å²) < 4.78 is 0. The normalized spacial score (nSPS) is 16.7. The van der Waals surface area contributed by atoms with Gasteiger partial charge in [0.15, 0.2) is 6.10 Å². The van der Waals surface area contributed by atoms with Crippen molar-refractivity contribution in [2.24, 2.45) is 11.5 Å². The zero-order valence-electron chi connectivity index (χ0n) is 8.08. The molecular formula is C10H14N2O3. The summed E-state index contributed by atoms with van der Waals surface area (Å²) in [4.78, 5) is 10.5. The first-order valence-electron chi connectivity index (χ1n) is 4.51. The van der Waals surface area contributed by atoms with E-state index in [0.717, 1.165) is 0 Å². The Bertz CT molecular complexity index is 329. The number of carboxylic acid groups (broad SMARTS) is 1. The molecule has 1 aromatic carbocycles. The summed E-state index contributed by atoms with van der Waals surface area (Å²) in [5, 5.41) is 17.8. The van der Waals surface area contributed by atoms with Gasteiger partial charge in [-0.1, -0.05) is 30.3 Å². The summed E-state index contributed by atoms with van der Waals surface area (Å²) in [6.07, 6.45) is -1.65. The second-order valence-corrected chi connectivity index (χ2v) is 3.30. The van der Waals surface area contributed by atoms with E-state index in [2.05, 4.69) is 0 Å². The van der Waals surface area contributed by atoms with E-state index < -0.39 is 24.2 Å². The summed E-state index contributed by atoms with van der Waals surface area (Å²) in [6.45, 7) is 0. The van der Waals surface area contributed by atoms with Gasteiger partial charge >= 0.3 is 5.97 Å². The molecule has 0 radical (unpaired) electrons. The largest absolute Gasteiger partial charge is 0.479 e. The van der Waals surface area contributed by atoms with Gasteiger partial charge in [-0.05, 0) is 5.56 Å². The monoisotopic (exact) mass is 210 g/mol. The smallest absolute Gasteiger partial charge is 0.334 e. The van der Waals surface area contributed by atoms with Crippen LogP contribution in [0.25, 0.3) is 0 Å². The Balaban J connectivity index is 2.77. The van der Waals surface area contributed by atoms with Gasteiger partial charge in [0.25, 0.3) is 0 Å². The van der Waals surface area contributed by atoms with Gasteiger partial charge in [0.05, 0.1) is 6.04 Å². The highest BCUT2D eigenvalue weighted by molar-refractivity contribution is 5.73. The van der Waals surface area contributed by atoms with Gasteiger partial charge in [0.2, 0.25) is 0 Å². The van der Waals surface area contributed by atoms with E-state index in [9.17, 15) is 9.90 Å². The first kappa shape index (κ1) is 11.6. The standard InChI is InChI=1S/C10H14N2O3/c11-7(6-4-2-1-3-5-6)8(12)9(13)10(14)15/h1-5,7-9,13H,11-12H2,(H,14,15). The Labute approximate surface area is 87.3 Å². The second kappa shape index (κ2) is 4.88. The Kier molecular flexibility index (Phi) is 3.79. The lowest BCUT2D eigenvalue weighted by atomic mass is 9.97. The molecule has 6 N–H and O–H groups in total. The number of aliphatic hydroxyl groups is 1. The molecule has 0 fully saturated rings. The van der Waals surface area contributed by atoms with Crippen LogP contribution in [0.15, 0.2) is 30.3 Å². The molecule has 15 heavy (non-hydrogen) atoms. The number of carbonyl (C=O) groups is 1. The van der Waals surface area contributed by atoms with Gasteiger partial charge in [-0.15, -0.1) is 0 Å². The molecule has 0 saturated heterocycles. The summed E-state index contributed by atoms with van der Waals surface area (Å²) in [5.41, 5.74) is 12.0. The van der Waals surface area contributed by atoms with E-state index in [1.807, 2.05) is 6.07 Å². The van der Waals surface area contributed by atoms with Gasteiger partial charge < -0.3 is 21.7 Å². The SMILES string of the molecule is NC(c1ccccc1)C(N)C(O)C(=O)O. The molecule has 1 aromatic rings. The van der Waals surface area contributed by atoms with E-state index in [4.69, 9.17) is 16.6 Å². The number of aliphatic hydroxyl groups excluding tert-OH is 1. The van der Waals surface area contributed by atoms with Crippen LogP contribution in [0.4, 0.5) is 0 Å². The number of aliphatic carboxylic acids is 1. The maximum absolute atomic E-state index is 10.5. The van der Waals surface area contributed by atoms with Crippen LogP contribution in [0.3, 0.4) is 0 Å². The molecule has 0 aliphatic rings. The third-order valence-electron chi connectivity index (χ3n) is 2.22. The molecule has 3 atom stereocenters. The summed E-state index contributed by atoms with van der Waals surface area (Å²) in [6, 6.07) is 7.11. The summed E-state index contributed by atoms with van der Waals surface area (Å²) in [7, 11) is 0. The maximum Gasteiger partial charge on any atom is 0.334 e. The van der Waals surface area contributed by atoms with E-state index >= 15 is 0 Å². The summed E-state index contributed by atoms with van der Waals surface area (Å²) in [5.74, 6) is -1.37. The number of hydrogen-bond donors (Lipinski definition) is 4. The van der Waals surface area contributed by atoms with Crippen LogP contribution in [-0.4, -0.2) is 28.3 Å². The van der Waals surface area contributed by atoms with Crippen molar-refractivity contribution in [3.8, 4) is 0 Å². The third-order valence-corrected chi connectivity index (χ3v) is 2.22. The molecule has 1 rings (SSSR count). The minimum atomic E-state index is -1.65. The Morgan fingerprint density at radius 2 is 1.73 bits per heavy atom. The molecule has 5 nitrogen and oxygen atoms in total. The van der Waals surface area contributed by atoms with Crippen LogP contribution in [0, 0.1) is 0 Å². The van der Waals surface area contributed by atoms with Gasteiger partial charge in [0, 0.05) is 6.04 Å². The average Bonchev–Trinajstić information content (AvgIpc) is 2.27. The highest BCUT2D eigenvalue weighted by Crippen LogP contribution is 2.14. The van der Waals surface area contributed by atoms with Crippen molar-refractivity contribution in [1.82, 2.24) is 0 Å². The second-order valence-electron chi connectivity index (χ2n) is 3.30. The quantitative estimate of drug-likeness (QED) is 0.533. The van der Waals surface area contributed by atoms with Gasteiger partial charge in [0.1, 0.15) is 0 Å². The molecule has 0 amide bonds. The molecule has 5 heteroatoms.